The summed E-state index contributed by atoms with van der Waals surface area (Å²) in [4.78, 5) is 11.0. The molecule has 0 saturated carbocycles. The van der Waals surface area contributed by atoms with E-state index in [9.17, 15) is 4.79 Å². The molecular weight excluding hydrogens is 188 g/mol. The predicted molar refractivity (Wildman–Crippen MR) is 53.1 cm³/mol. The summed E-state index contributed by atoms with van der Waals surface area (Å²) in [6.07, 6.45) is 2.06. The summed E-state index contributed by atoms with van der Waals surface area (Å²) in [5.74, 6) is 1.35. The van der Waals surface area contributed by atoms with Crippen LogP contribution in [0.15, 0.2) is 0 Å². The first kappa shape index (κ1) is 10.9. The summed E-state index contributed by atoms with van der Waals surface area (Å²) in [7, 11) is 1.48. The highest BCUT2D eigenvalue weighted by Gasteiger charge is 2.42. The molecule has 0 bridgehead atoms. The van der Waals surface area contributed by atoms with Gasteiger partial charge in [-0.2, -0.15) is 11.8 Å². The fourth-order valence-corrected chi connectivity index (χ4v) is 2.91. The number of carbonyl (C=O) groups is 1. The van der Waals surface area contributed by atoms with Gasteiger partial charge < -0.3 is 9.84 Å². The Morgan fingerprint density at radius 1 is 1.69 bits per heavy atom. The molecule has 13 heavy (non-hydrogen) atoms. The highest BCUT2D eigenvalue weighted by molar-refractivity contribution is 7.99. The molecule has 0 amide bonds. The Bertz CT molecular complexity index is 189. The van der Waals surface area contributed by atoms with E-state index >= 15 is 0 Å². The van der Waals surface area contributed by atoms with E-state index in [1.54, 1.807) is 6.92 Å². The van der Waals surface area contributed by atoms with Crippen LogP contribution >= 0.6 is 11.8 Å². The number of carboxylic acids is 1. The second-order valence-corrected chi connectivity index (χ2v) is 4.68. The lowest BCUT2D eigenvalue weighted by atomic mass is 9.86. The van der Waals surface area contributed by atoms with Crippen LogP contribution in [0.2, 0.25) is 0 Å². The van der Waals surface area contributed by atoms with Crippen molar-refractivity contribution < 1.29 is 14.6 Å². The van der Waals surface area contributed by atoms with Gasteiger partial charge in [-0.05, 0) is 31.3 Å². The number of hydrogen-bond acceptors (Lipinski definition) is 3. The van der Waals surface area contributed by atoms with E-state index < -0.39 is 11.6 Å². The lowest BCUT2D eigenvalue weighted by Gasteiger charge is -2.34. The fraction of sp³-hybridized carbons (Fsp3) is 0.889. The summed E-state index contributed by atoms with van der Waals surface area (Å²) in [5.41, 5.74) is -0.993. The molecule has 1 N–H and O–H groups in total. The molecule has 0 aromatic carbocycles. The smallest absolute Gasteiger partial charge is 0.335 e. The lowest BCUT2D eigenvalue weighted by molar-refractivity contribution is -0.166. The zero-order valence-corrected chi connectivity index (χ0v) is 8.89. The van der Waals surface area contributed by atoms with Gasteiger partial charge in [-0.3, -0.25) is 0 Å². The first-order chi connectivity index (χ1) is 6.11. The third-order valence-electron chi connectivity index (χ3n) is 2.79. The number of aliphatic carboxylic acids is 1. The summed E-state index contributed by atoms with van der Waals surface area (Å²) >= 11 is 1.82. The molecule has 76 valence electrons. The average molecular weight is 204 g/mol. The van der Waals surface area contributed by atoms with Crippen LogP contribution < -0.4 is 0 Å². The Morgan fingerprint density at radius 2 is 2.38 bits per heavy atom. The van der Waals surface area contributed by atoms with Crippen molar-refractivity contribution in [3.8, 4) is 0 Å². The maximum atomic E-state index is 11.0. The Kier molecular flexibility index (Phi) is 3.62. The van der Waals surface area contributed by atoms with E-state index in [-0.39, 0.29) is 5.92 Å². The van der Waals surface area contributed by atoms with Gasteiger partial charge in [0.05, 0.1) is 0 Å². The highest BCUT2D eigenvalue weighted by Crippen LogP contribution is 2.33. The van der Waals surface area contributed by atoms with Crippen molar-refractivity contribution in [3.05, 3.63) is 0 Å². The molecule has 0 radical (unpaired) electrons. The van der Waals surface area contributed by atoms with E-state index in [0.29, 0.717) is 0 Å². The van der Waals surface area contributed by atoms with Gasteiger partial charge in [-0.15, -0.1) is 0 Å². The molecule has 1 aliphatic heterocycles. The van der Waals surface area contributed by atoms with Crippen LogP contribution in [0, 0.1) is 5.92 Å². The van der Waals surface area contributed by atoms with Gasteiger partial charge in [-0.25, -0.2) is 4.79 Å². The van der Waals surface area contributed by atoms with E-state index in [0.717, 1.165) is 24.3 Å². The molecule has 0 aromatic heterocycles. The Labute approximate surface area is 82.8 Å². The van der Waals surface area contributed by atoms with Crippen LogP contribution in [0.5, 0.6) is 0 Å². The second-order valence-electron chi connectivity index (χ2n) is 3.53. The van der Waals surface area contributed by atoms with Crippen molar-refractivity contribution >= 4 is 17.7 Å². The van der Waals surface area contributed by atoms with Gasteiger partial charge in [-0.1, -0.05) is 0 Å². The summed E-state index contributed by atoms with van der Waals surface area (Å²) in [5, 5.41) is 9.05. The van der Waals surface area contributed by atoms with Crippen LogP contribution in [0.4, 0.5) is 0 Å². The average Bonchev–Trinajstić information content (AvgIpc) is 2.17. The maximum Gasteiger partial charge on any atom is 0.335 e. The maximum absolute atomic E-state index is 11.0. The van der Waals surface area contributed by atoms with Crippen molar-refractivity contribution in [1.82, 2.24) is 0 Å². The van der Waals surface area contributed by atoms with Crippen molar-refractivity contribution in [2.45, 2.75) is 25.4 Å². The molecule has 0 aliphatic carbocycles. The number of thioether (sulfide) groups is 1. The number of ether oxygens (including phenoxy) is 1. The zero-order chi connectivity index (χ0) is 9.90. The standard InChI is InChI=1S/C9H16O3S/c1-9(12-2,8(10)11)7-4-3-5-13-6-7/h7H,3-6H2,1-2H3,(H,10,11). The topological polar surface area (TPSA) is 46.5 Å². The highest BCUT2D eigenvalue weighted by atomic mass is 32.2. The minimum absolute atomic E-state index is 0.147. The predicted octanol–water partition coefficient (Wildman–Crippen LogP) is 1.62. The number of hydrogen-bond donors (Lipinski definition) is 1. The Morgan fingerprint density at radius 3 is 2.77 bits per heavy atom. The molecule has 1 saturated heterocycles. The zero-order valence-electron chi connectivity index (χ0n) is 8.08. The Balaban J connectivity index is 2.68. The minimum atomic E-state index is -0.993. The van der Waals surface area contributed by atoms with E-state index in [4.69, 9.17) is 9.84 Å². The molecule has 1 rings (SSSR count). The molecule has 1 aliphatic rings. The number of rotatable bonds is 3. The molecular formula is C9H16O3S. The Hall–Kier alpha value is -0.220. The van der Waals surface area contributed by atoms with Gasteiger partial charge in [0.25, 0.3) is 0 Å². The molecule has 0 spiro atoms. The third kappa shape index (κ3) is 2.17. The number of carboxylic acid groups (broad SMARTS) is 1. The summed E-state index contributed by atoms with van der Waals surface area (Å²) in [6.45, 7) is 1.67. The molecule has 4 heteroatoms. The van der Waals surface area contributed by atoms with Crippen molar-refractivity contribution in [1.29, 1.82) is 0 Å². The molecule has 2 unspecified atom stereocenters. The van der Waals surface area contributed by atoms with E-state index in [2.05, 4.69) is 0 Å². The van der Waals surface area contributed by atoms with E-state index in [1.807, 2.05) is 11.8 Å². The normalized spacial score (nSPS) is 28.0. The fourth-order valence-electron chi connectivity index (χ4n) is 1.60. The molecule has 3 nitrogen and oxygen atoms in total. The third-order valence-corrected chi connectivity index (χ3v) is 4.00. The van der Waals surface area contributed by atoms with Gasteiger partial charge in [0, 0.05) is 13.0 Å². The van der Waals surface area contributed by atoms with E-state index in [1.165, 1.54) is 7.11 Å². The van der Waals surface area contributed by atoms with Crippen LogP contribution in [-0.2, 0) is 9.53 Å². The van der Waals surface area contributed by atoms with Gasteiger partial charge in [0.2, 0.25) is 0 Å². The molecule has 1 fully saturated rings. The monoisotopic (exact) mass is 204 g/mol. The van der Waals surface area contributed by atoms with Crippen LogP contribution in [0.3, 0.4) is 0 Å². The number of methoxy groups -OCH3 is 1. The van der Waals surface area contributed by atoms with Crippen molar-refractivity contribution in [2.75, 3.05) is 18.6 Å². The van der Waals surface area contributed by atoms with Crippen LogP contribution in [0.25, 0.3) is 0 Å². The van der Waals surface area contributed by atoms with Crippen molar-refractivity contribution in [2.24, 2.45) is 5.92 Å². The second kappa shape index (κ2) is 4.33. The van der Waals surface area contributed by atoms with Crippen LogP contribution in [0.1, 0.15) is 19.8 Å². The van der Waals surface area contributed by atoms with Crippen LogP contribution in [-0.4, -0.2) is 35.3 Å². The van der Waals surface area contributed by atoms with Gasteiger partial charge in [0.15, 0.2) is 5.60 Å². The lowest BCUT2D eigenvalue weighted by Crippen LogP contribution is -2.46. The first-order valence-electron chi connectivity index (χ1n) is 4.47. The van der Waals surface area contributed by atoms with Gasteiger partial charge >= 0.3 is 5.97 Å². The van der Waals surface area contributed by atoms with Gasteiger partial charge in [0.1, 0.15) is 0 Å². The molecule has 2 atom stereocenters. The summed E-state index contributed by atoms with van der Waals surface area (Å²) < 4.78 is 5.13. The SMILES string of the molecule is COC(C)(C(=O)O)C1CCCSC1. The largest absolute Gasteiger partial charge is 0.479 e. The quantitative estimate of drug-likeness (QED) is 0.759. The van der Waals surface area contributed by atoms with Crippen molar-refractivity contribution in [3.63, 3.8) is 0 Å². The molecule has 1 heterocycles. The molecule has 0 aromatic rings. The first-order valence-corrected chi connectivity index (χ1v) is 5.63. The summed E-state index contributed by atoms with van der Waals surface area (Å²) in [6, 6.07) is 0. The minimum Gasteiger partial charge on any atom is -0.479 e.